The smallest absolute Gasteiger partial charge is 0.159 e. The molecule has 266 valence electrons. The van der Waals surface area contributed by atoms with Crippen LogP contribution in [0.15, 0.2) is 209 Å². The summed E-state index contributed by atoms with van der Waals surface area (Å²) >= 11 is 0. The third-order valence-corrected chi connectivity index (χ3v) is 11.6. The molecule has 0 aliphatic carbocycles. The second kappa shape index (κ2) is 12.5. The van der Waals surface area contributed by atoms with E-state index >= 15 is 0 Å². The zero-order valence-electron chi connectivity index (χ0n) is 30.8. The van der Waals surface area contributed by atoms with Gasteiger partial charge in [-0.25, -0.2) is 0 Å². The van der Waals surface area contributed by atoms with Crippen LogP contribution in [0, 0.1) is 0 Å². The Morgan fingerprint density at radius 2 is 0.930 bits per heavy atom. The summed E-state index contributed by atoms with van der Waals surface area (Å²) in [6.45, 7) is 0. The van der Waals surface area contributed by atoms with E-state index in [-0.39, 0.29) is 0 Å². The van der Waals surface area contributed by atoms with Gasteiger partial charge in [0, 0.05) is 32.8 Å². The van der Waals surface area contributed by atoms with Crippen molar-refractivity contribution in [3.8, 4) is 22.3 Å². The van der Waals surface area contributed by atoms with Crippen molar-refractivity contribution in [2.45, 2.75) is 0 Å². The van der Waals surface area contributed by atoms with Gasteiger partial charge in [0.25, 0.3) is 0 Å². The SMILES string of the molecule is c1ccc(N(c2ccc(-c3ccc4c(ccc5ccccc54)c3)cc2)c2cccc3c2oc2ccccc23)c(-c2ccc3oc4cc5ccccc5cc4c3c2)c1. The van der Waals surface area contributed by atoms with Crippen LogP contribution >= 0.6 is 0 Å². The normalized spacial score (nSPS) is 11.9. The summed E-state index contributed by atoms with van der Waals surface area (Å²) in [5.41, 5.74) is 11.1. The largest absolute Gasteiger partial charge is 0.456 e. The predicted octanol–water partition coefficient (Wildman–Crippen LogP) is 15.7. The topological polar surface area (TPSA) is 29.5 Å². The second-order valence-corrected chi connectivity index (χ2v) is 14.9. The van der Waals surface area contributed by atoms with Gasteiger partial charge in [-0.3, -0.25) is 0 Å². The van der Waals surface area contributed by atoms with Crippen molar-refractivity contribution < 1.29 is 8.83 Å². The van der Waals surface area contributed by atoms with Crippen LogP contribution < -0.4 is 4.90 Å². The van der Waals surface area contributed by atoms with Crippen molar-refractivity contribution in [1.82, 2.24) is 0 Å². The van der Waals surface area contributed by atoms with Crippen LogP contribution in [-0.4, -0.2) is 0 Å². The summed E-state index contributed by atoms with van der Waals surface area (Å²) in [6, 6.07) is 71.6. The highest BCUT2D eigenvalue weighted by molar-refractivity contribution is 6.13. The summed E-state index contributed by atoms with van der Waals surface area (Å²) in [6.07, 6.45) is 0. The molecule has 0 radical (unpaired) electrons. The van der Waals surface area contributed by atoms with Crippen molar-refractivity contribution in [3.05, 3.63) is 200 Å². The number of anilines is 3. The molecule has 0 N–H and O–H groups in total. The van der Waals surface area contributed by atoms with Crippen molar-refractivity contribution in [3.63, 3.8) is 0 Å². The first-order chi connectivity index (χ1) is 28.2. The van der Waals surface area contributed by atoms with Gasteiger partial charge in [0.05, 0.1) is 11.4 Å². The average molecular weight is 728 g/mol. The molecule has 0 atom stereocenters. The lowest BCUT2D eigenvalue weighted by molar-refractivity contribution is 0.669. The first-order valence-corrected chi connectivity index (χ1v) is 19.4. The van der Waals surface area contributed by atoms with Gasteiger partial charge in [0.15, 0.2) is 5.58 Å². The van der Waals surface area contributed by atoms with Crippen LogP contribution in [0.3, 0.4) is 0 Å². The number of furan rings is 2. The predicted molar refractivity (Wildman–Crippen MR) is 239 cm³/mol. The molecule has 3 heteroatoms. The molecule has 0 aliphatic heterocycles. The van der Waals surface area contributed by atoms with Gasteiger partial charge in [0.1, 0.15) is 16.7 Å². The van der Waals surface area contributed by atoms with E-state index in [1.54, 1.807) is 0 Å². The van der Waals surface area contributed by atoms with Gasteiger partial charge in [-0.05, 0) is 110 Å². The summed E-state index contributed by atoms with van der Waals surface area (Å²) in [7, 11) is 0. The molecule has 0 saturated heterocycles. The molecular formula is C54H33NO2. The van der Waals surface area contributed by atoms with E-state index in [0.29, 0.717) is 0 Å². The van der Waals surface area contributed by atoms with E-state index < -0.39 is 0 Å². The van der Waals surface area contributed by atoms with Crippen LogP contribution in [0.4, 0.5) is 17.1 Å². The number of rotatable bonds is 5. The Labute approximate surface area is 328 Å². The molecule has 0 saturated carbocycles. The quantitative estimate of drug-likeness (QED) is 0.165. The number of para-hydroxylation sites is 3. The van der Waals surface area contributed by atoms with E-state index in [9.17, 15) is 0 Å². The van der Waals surface area contributed by atoms with Gasteiger partial charge in [-0.1, -0.05) is 140 Å². The van der Waals surface area contributed by atoms with Crippen molar-refractivity contribution in [1.29, 1.82) is 0 Å². The fourth-order valence-corrected chi connectivity index (χ4v) is 8.85. The second-order valence-electron chi connectivity index (χ2n) is 14.9. The molecule has 0 unspecified atom stereocenters. The Kier molecular flexibility index (Phi) is 6.93. The highest BCUT2D eigenvalue weighted by atomic mass is 16.3. The third-order valence-electron chi connectivity index (χ3n) is 11.6. The molecule has 0 bridgehead atoms. The summed E-state index contributed by atoms with van der Waals surface area (Å²) in [5.74, 6) is 0. The number of hydrogen-bond acceptors (Lipinski definition) is 3. The minimum Gasteiger partial charge on any atom is -0.456 e. The summed E-state index contributed by atoms with van der Waals surface area (Å²) < 4.78 is 13.1. The molecule has 2 aromatic heterocycles. The van der Waals surface area contributed by atoms with Crippen LogP contribution in [0.1, 0.15) is 0 Å². The van der Waals surface area contributed by atoms with E-state index in [4.69, 9.17) is 8.83 Å². The molecule has 0 spiro atoms. The molecule has 12 rings (SSSR count). The highest BCUT2D eigenvalue weighted by Gasteiger charge is 2.22. The lowest BCUT2D eigenvalue weighted by atomic mass is 9.97. The molecule has 0 amide bonds. The third kappa shape index (κ3) is 5.06. The molecule has 3 nitrogen and oxygen atoms in total. The monoisotopic (exact) mass is 727 g/mol. The fourth-order valence-electron chi connectivity index (χ4n) is 8.85. The zero-order chi connectivity index (χ0) is 37.5. The lowest BCUT2D eigenvalue weighted by Crippen LogP contribution is -2.11. The molecule has 12 aromatic rings. The summed E-state index contributed by atoms with van der Waals surface area (Å²) in [5, 5.41) is 11.8. The average Bonchev–Trinajstić information content (AvgIpc) is 3.84. The van der Waals surface area contributed by atoms with E-state index in [1.165, 1.54) is 37.9 Å². The molecule has 10 aromatic carbocycles. The minimum atomic E-state index is 0.850. The Hall–Kier alpha value is -7.62. The standard InChI is InChI=1S/C54H33NO2/c1-2-12-37-33-53-48(31-36(37)11-1)47-32-40(25-29-52(47)56-53)44-14-5-7-17-49(44)55(50-18-9-16-46-45-15-6-8-19-51(45)57-54(46)50)41-26-22-34(23-27-41)38-24-28-43-39(30-38)21-20-35-10-3-4-13-42(35)43/h1-33H. The Morgan fingerprint density at radius 1 is 0.298 bits per heavy atom. The number of hydrogen-bond donors (Lipinski definition) is 0. The maximum Gasteiger partial charge on any atom is 0.159 e. The van der Waals surface area contributed by atoms with Gasteiger partial charge in [-0.2, -0.15) is 0 Å². The molecule has 2 heterocycles. The number of fused-ring (bicyclic) bond motifs is 10. The van der Waals surface area contributed by atoms with E-state index in [0.717, 1.165) is 77.6 Å². The van der Waals surface area contributed by atoms with Gasteiger partial charge in [0.2, 0.25) is 0 Å². The first-order valence-electron chi connectivity index (χ1n) is 19.4. The zero-order valence-corrected chi connectivity index (χ0v) is 30.8. The van der Waals surface area contributed by atoms with E-state index in [1.807, 2.05) is 12.1 Å². The summed E-state index contributed by atoms with van der Waals surface area (Å²) in [4.78, 5) is 2.35. The van der Waals surface area contributed by atoms with Crippen LogP contribution in [0.5, 0.6) is 0 Å². The number of benzene rings is 10. The molecule has 57 heavy (non-hydrogen) atoms. The Bertz CT molecular complexity index is 3530. The first kappa shape index (κ1) is 31.7. The van der Waals surface area contributed by atoms with Crippen molar-refractivity contribution in [2.24, 2.45) is 0 Å². The lowest BCUT2D eigenvalue weighted by Gasteiger charge is -2.28. The van der Waals surface area contributed by atoms with Gasteiger partial charge < -0.3 is 13.7 Å². The minimum absolute atomic E-state index is 0.850. The van der Waals surface area contributed by atoms with Gasteiger partial charge in [-0.15, -0.1) is 0 Å². The number of nitrogens with zero attached hydrogens (tertiary/aromatic N) is 1. The van der Waals surface area contributed by atoms with Gasteiger partial charge >= 0.3 is 0 Å². The maximum atomic E-state index is 6.69. The molecular weight excluding hydrogens is 695 g/mol. The maximum absolute atomic E-state index is 6.69. The van der Waals surface area contributed by atoms with E-state index in [2.05, 4.69) is 193 Å². The van der Waals surface area contributed by atoms with Crippen LogP contribution in [0.25, 0.3) is 98.4 Å². The van der Waals surface area contributed by atoms with Crippen LogP contribution in [-0.2, 0) is 0 Å². The Morgan fingerprint density at radius 3 is 1.82 bits per heavy atom. The molecule has 0 fully saturated rings. The fraction of sp³-hybridized carbons (Fsp3) is 0. The van der Waals surface area contributed by atoms with Crippen molar-refractivity contribution >= 4 is 93.3 Å². The highest BCUT2D eigenvalue weighted by Crippen LogP contribution is 2.46. The van der Waals surface area contributed by atoms with Crippen LogP contribution in [0.2, 0.25) is 0 Å². The van der Waals surface area contributed by atoms with Crippen molar-refractivity contribution in [2.75, 3.05) is 4.90 Å². The molecule has 0 aliphatic rings. The Balaban J connectivity index is 1.03.